The van der Waals surface area contributed by atoms with E-state index in [1.165, 1.54) is 31.1 Å². The van der Waals surface area contributed by atoms with Crippen molar-refractivity contribution in [3.05, 3.63) is 93.1 Å². The third-order valence-corrected chi connectivity index (χ3v) is 5.39. The molecule has 0 atom stereocenters. The molecule has 0 radical (unpaired) electrons. The van der Waals surface area contributed by atoms with E-state index in [0.717, 1.165) is 24.2 Å². The molecule has 0 bridgehead atoms. The number of hydrogen-bond acceptors (Lipinski definition) is 4. The van der Waals surface area contributed by atoms with Crippen LogP contribution in [0.4, 0.5) is 0 Å². The predicted molar refractivity (Wildman–Crippen MR) is 114 cm³/mol. The summed E-state index contributed by atoms with van der Waals surface area (Å²) in [7, 11) is 0. The molecule has 150 valence electrons. The summed E-state index contributed by atoms with van der Waals surface area (Å²) in [5, 5.41) is 0.691. The van der Waals surface area contributed by atoms with Gasteiger partial charge in [0.25, 0.3) is 5.56 Å². The average Bonchev–Trinajstić information content (AvgIpc) is 2.70. The fourth-order valence-corrected chi connectivity index (χ4v) is 3.37. The zero-order valence-electron chi connectivity index (χ0n) is 16.3. The number of ether oxygens (including phenoxy) is 1. The summed E-state index contributed by atoms with van der Waals surface area (Å²) in [5.74, 6) is 0.565. The number of rotatable bonds is 8. The lowest BCUT2D eigenvalue weighted by Gasteiger charge is -2.30. The molecule has 5 nitrogen and oxygen atoms in total. The molecule has 3 aromatic rings. The van der Waals surface area contributed by atoms with E-state index >= 15 is 0 Å². The number of halogens is 1. The topological polar surface area (TPSA) is 47.4 Å². The van der Waals surface area contributed by atoms with Gasteiger partial charge in [0, 0.05) is 48.7 Å². The molecule has 0 spiro atoms. The van der Waals surface area contributed by atoms with Crippen LogP contribution in [0.3, 0.4) is 0 Å². The predicted octanol–water partition coefficient (Wildman–Crippen LogP) is 3.92. The Morgan fingerprint density at radius 1 is 1.03 bits per heavy atom. The second kappa shape index (κ2) is 9.25. The van der Waals surface area contributed by atoms with Crippen LogP contribution in [0.1, 0.15) is 23.2 Å². The minimum absolute atomic E-state index is 0.0759. The molecule has 1 saturated heterocycles. The molecule has 1 fully saturated rings. The Bertz CT molecular complexity index is 996. The molecule has 6 heteroatoms. The quantitative estimate of drug-likeness (QED) is 0.565. The molecule has 0 aliphatic carbocycles. The summed E-state index contributed by atoms with van der Waals surface area (Å²) >= 11 is 5.89. The second-order valence-electron chi connectivity index (χ2n) is 7.35. The van der Waals surface area contributed by atoms with Crippen LogP contribution in [-0.4, -0.2) is 27.5 Å². The lowest BCUT2D eigenvalue weighted by molar-refractivity contribution is 0.172. The largest absolute Gasteiger partial charge is 0.489 e. The molecule has 0 amide bonds. The van der Waals surface area contributed by atoms with Crippen LogP contribution in [0.2, 0.25) is 5.02 Å². The van der Waals surface area contributed by atoms with Crippen LogP contribution in [0.25, 0.3) is 0 Å². The summed E-state index contributed by atoms with van der Waals surface area (Å²) in [6.07, 6.45) is 5.74. The van der Waals surface area contributed by atoms with Gasteiger partial charge in [-0.25, -0.2) is 0 Å². The van der Waals surface area contributed by atoms with Crippen LogP contribution in [0.5, 0.6) is 5.75 Å². The van der Waals surface area contributed by atoms with Crippen molar-refractivity contribution in [2.24, 2.45) is 0 Å². The van der Waals surface area contributed by atoms with Crippen molar-refractivity contribution in [2.45, 2.75) is 32.5 Å². The van der Waals surface area contributed by atoms with Gasteiger partial charge in [0.2, 0.25) is 0 Å². The smallest absolute Gasteiger partial charge is 0.254 e. The van der Waals surface area contributed by atoms with Crippen molar-refractivity contribution >= 4 is 11.6 Å². The molecule has 2 aromatic heterocycles. The zero-order chi connectivity index (χ0) is 20.1. The SMILES string of the molecule is O=c1cc(OCc2ccc(Cl)cc2)ccn1CCc1ccc(CN2CCC2)cn1. The monoisotopic (exact) mass is 409 g/mol. The van der Waals surface area contributed by atoms with E-state index in [0.29, 0.717) is 23.9 Å². The lowest BCUT2D eigenvalue weighted by Crippen LogP contribution is -2.36. The van der Waals surface area contributed by atoms with Gasteiger partial charge in [-0.2, -0.15) is 0 Å². The standard InChI is InChI=1S/C23H24ClN3O2/c24-20-5-2-18(3-6-20)17-29-22-9-13-27(23(28)14-22)12-8-21-7-4-19(15-25-21)16-26-10-1-11-26/h2-7,9,13-15H,1,8,10-12,16-17H2. The first-order chi connectivity index (χ1) is 14.2. The average molecular weight is 410 g/mol. The Labute approximate surface area is 175 Å². The van der Waals surface area contributed by atoms with Gasteiger partial charge in [-0.05, 0) is 54.9 Å². The highest BCUT2D eigenvalue weighted by atomic mass is 35.5. The molecule has 1 aliphatic rings. The first kappa shape index (κ1) is 19.7. The molecule has 29 heavy (non-hydrogen) atoms. The minimum atomic E-state index is -0.0759. The first-order valence-electron chi connectivity index (χ1n) is 9.90. The maximum atomic E-state index is 12.4. The van der Waals surface area contributed by atoms with Crippen molar-refractivity contribution < 1.29 is 4.74 Å². The second-order valence-corrected chi connectivity index (χ2v) is 7.78. The Balaban J connectivity index is 1.29. The van der Waals surface area contributed by atoms with Crippen molar-refractivity contribution in [2.75, 3.05) is 13.1 Å². The molecule has 0 N–H and O–H groups in total. The third kappa shape index (κ3) is 5.46. The van der Waals surface area contributed by atoms with Crippen LogP contribution < -0.4 is 10.3 Å². The highest BCUT2D eigenvalue weighted by Gasteiger charge is 2.13. The van der Waals surface area contributed by atoms with Gasteiger partial charge in [0.15, 0.2) is 0 Å². The number of benzene rings is 1. The van der Waals surface area contributed by atoms with E-state index in [2.05, 4.69) is 22.0 Å². The Morgan fingerprint density at radius 3 is 2.48 bits per heavy atom. The van der Waals surface area contributed by atoms with Gasteiger partial charge in [0.1, 0.15) is 12.4 Å². The van der Waals surface area contributed by atoms with Crippen molar-refractivity contribution in [3.63, 3.8) is 0 Å². The highest BCUT2D eigenvalue weighted by Crippen LogP contribution is 2.14. The molecular weight excluding hydrogens is 386 g/mol. The molecule has 3 heterocycles. The zero-order valence-corrected chi connectivity index (χ0v) is 17.0. The fourth-order valence-electron chi connectivity index (χ4n) is 3.24. The number of aryl methyl sites for hydroxylation is 2. The summed E-state index contributed by atoms with van der Waals surface area (Å²) in [6, 6.07) is 15.0. The van der Waals surface area contributed by atoms with E-state index < -0.39 is 0 Å². The van der Waals surface area contributed by atoms with Crippen LogP contribution in [0, 0.1) is 0 Å². The number of aromatic nitrogens is 2. The van der Waals surface area contributed by atoms with E-state index in [4.69, 9.17) is 16.3 Å². The van der Waals surface area contributed by atoms with Crippen LogP contribution >= 0.6 is 11.6 Å². The number of hydrogen-bond donors (Lipinski definition) is 0. The molecular formula is C23H24ClN3O2. The lowest BCUT2D eigenvalue weighted by atomic mass is 10.1. The van der Waals surface area contributed by atoms with Gasteiger partial charge in [0.05, 0.1) is 0 Å². The van der Waals surface area contributed by atoms with Gasteiger partial charge >= 0.3 is 0 Å². The maximum absolute atomic E-state index is 12.4. The Morgan fingerprint density at radius 2 is 1.83 bits per heavy atom. The van der Waals surface area contributed by atoms with Crippen LogP contribution in [0.15, 0.2) is 65.7 Å². The maximum Gasteiger partial charge on any atom is 0.254 e. The third-order valence-electron chi connectivity index (χ3n) is 5.14. The molecule has 0 unspecified atom stereocenters. The van der Waals surface area contributed by atoms with Crippen molar-refractivity contribution in [1.29, 1.82) is 0 Å². The fraction of sp³-hybridized carbons (Fsp3) is 0.304. The molecule has 0 saturated carbocycles. The number of pyridine rings is 2. The van der Waals surface area contributed by atoms with E-state index in [-0.39, 0.29) is 5.56 Å². The Hall–Kier alpha value is -2.63. The first-order valence-corrected chi connectivity index (χ1v) is 10.3. The summed E-state index contributed by atoms with van der Waals surface area (Å²) in [4.78, 5) is 19.3. The number of likely N-dealkylation sites (tertiary alicyclic amines) is 1. The highest BCUT2D eigenvalue weighted by molar-refractivity contribution is 6.30. The van der Waals surface area contributed by atoms with E-state index in [1.54, 1.807) is 10.8 Å². The molecule has 4 rings (SSSR count). The summed E-state index contributed by atoms with van der Waals surface area (Å²) in [5.41, 5.74) is 3.16. The van der Waals surface area contributed by atoms with Crippen molar-refractivity contribution in [1.82, 2.24) is 14.5 Å². The minimum Gasteiger partial charge on any atom is -0.489 e. The van der Waals surface area contributed by atoms with Crippen molar-refractivity contribution in [3.8, 4) is 5.75 Å². The number of nitrogens with zero attached hydrogens (tertiary/aromatic N) is 3. The summed E-state index contributed by atoms with van der Waals surface area (Å²) in [6.45, 7) is 4.33. The van der Waals surface area contributed by atoms with Gasteiger partial charge in [-0.15, -0.1) is 0 Å². The van der Waals surface area contributed by atoms with E-state index in [9.17, 15) is 4.79 Å². The van der Waals surface area contributed by atoms with Gasteiger partial charge in [-0.3, -0.25) is 14.7 Å². The Kier molecular flexibility index (Phi) is 6.27. The molecule has 1 aromatic carbocycles. The summed E-state index contributed by atoms with van der Waals surface area (Å²) < 4.78 is 7.40. The molecule has 1 aliphatic heterocycles. The van der Waals surface area contributed by atoms with Gasteiger partial charge < -0.3 is 9.30 Å². The van der Waals surface area contributed by atoms with Crippen LogP contribution in [-0.2, 0) is 26.1 Å². The van der Waals surface area contributed by atoms with E-state index in [1.807, 2.05) is 36.5 Å². The normalized spacial score (nSPS) is 13.8. The van der Waals surface area contributed by atoms with Gasteiger partial charge in [-0.1, -0.05) is 29.8 Å².